The van der Waals surface area contributed by atoms with Crippen LogP contribution in [-0.2, 0) is 9.53 Å². The number of rotatable bonds is 7. The van der Waals surface area contributed by atoms with Crippen LogP contribution in [0.1, 0.15) is 48.0 Å². The number of pyridine rings is 1. The molecular weight excluding hydrogens is 376 g/mol. The molecule has 0 aliphatic rings. The summed E-state index contributed by atoms with van der Waals surface area (Å²) in [5.41, 5.74) is 6.79. The Balaban J connectivity index is 2.19. The fourth-order valence-corrected chi connectivity index (χ4v) is 9.68. The molecule has 1 unspecified atom stereocenters. The van der Waals surface area contributed by atoms with Crippen LogP contribution in [0.25, 0.3) is 10.9 Å². The van der Waals surface area contributed by atoms with Gasteiger partial charge in [0, 0.05) is 18.7 Å². The Morgan fingerprint density at radius 2 is 1.69 bits per heavy atom. The van der Waals surface area contributed by atoms with Crippen molar-refractivity contribution >= 4 is 30.6 Å². The molecular formula is C24H34N2O2Si. The summed E-state index contributed by atoms with van der Waals surface area (Å²) in [5.74, 6) is 3.21. The van der Waals surface area contributed by atoms with E-state index in [-0.39, 0.29) is 12.3 Å². The van der Waals surface area contributed by atoms with Gasteiger partial charge in [0.15, 0.2) is 0 Å². The third-order valence-electron chi connectivity index (χ3n) is 5.88. The molecule has 2 rings (SSSR count). The number of aromatic nitrogens is 1. The number of methoxy groups -OCH3 is 1. The molecule has 1 aromatic carbocycles. The van der Waals surface area contributed by atoms with Crippen molar-refractivity contribution in [3.8, 4) is 11.5 Å². The SMILES string of the molecule is COC(C#C[Si](C(C)C)(C(C)C)C(C)C)CC(=O)Nc1cccc2cccnc12. The average molecular weight is 411 g/mol. The van der Waals surface area contributed by atoms with E-state index in [0.717, 1.165) is 10.9 Å². The van der Waals surface area contributed by atoms with Crippen LogP contribution in [0, 0.1) is 11.5 Å². The van der Waals surface area contributed by atoms with Gasteiger partial charge < -0.3 is 10.1 Å². The van der Waals surface area contributed by atoms with E-state index in [0.29, 0.717) is 22.3 Å². The number of anilines is 1. The number of fused-ring (bicyclic) bond motifs is 1. The molecule has 1 N–H and O–H groups in total. The van der Waals surface area contributed by atoms with Crippen LogP contribution >= 0.6 is 0 Å². The molecule has 29 heavy (non-hydrogen) atoms. The zero-order valence-corrected chi connectivity index (χ0v) is 19.7. The highest BCUT2D eigenvalue weighted by molar-refractivity contribution is 6.90. The van der Waals surface area contributed by atoms with Crippen LogP contribution in [0.3, 0.4) is 0 Å². The molecule has 0 saturated carbocycles. The third kappa shape index (κ3) is 5.26. The van der Waals surface area contributed by atoms with E-state index in [1.165, 1.54) is 0 Å². The molecule has 0 aliphatic carbocycles. The van der Waals surface area contributed by atoms with Gasteiger partial charge in [-0.1, -0.05) is 65.7 Å². The summed E-state index contributed by atoms with van der Waals surface area (Å²) < 4.78 is 5.55. The first-order valence-electron chi connectivity index (χ1n) is 10.4. The largest absolute Gasteiger partial charge is 0.368 e. The minimum absolute atomic E-state index is 0.116. The second-order valence-electron chi connectivity index (χ2n) is 8.52. The van der Waals surface area contributed by atoms with Gasteiger partial charge in [-0.25, -0.2) is 0 Å². The highest BCUT2D eigenvalue weighted by atomic mass is 28.3. The molecule has 1 heterocycles. The standard InChI is InChI=1S/C24H34N2O2Si/c1-17(2)29(18(3)4,19(5)6)15-13-21(28-7)16-23(27)26-22-12-8-10-20-11-9-14-25-24(20)22/h8-12,14,17-19,21H,16H2,1-7H3,(H,26,27). The number of hydrogen-bond acceptors (Lipinski definition) is 3. The molecule has 1 atom stereocenters. The van der Waals surface area contributed by atoms with Crippen molar-refractivity contribution in [2.75, 3.05) is 12.4 Å². The summed E-state index contributed by atoms with van der Waals surface area (Å²) in [6, 6.07) is 9.64. The summed E-state index contributed by atoms with van der Waals surface area (Å²) in [6.07, 6.45) is 1.52. The van der Waals surface area contributed by atoms with E-state index in [1.807, 2.05) is 30.3 Å². The van der Waals surface area contributed by atoms with Gasteiger partial charge in [0.25, 0.3) is 0 Å². The van der Waals surface area contributed by atoms with Crippen LogP contribution < -0.4 is 5.32 Å². The van der Waals surface area contributed by atoms with Crippen LogP contribution in [-0.4, -0.2) is 32.2 Å². The quantitative estimate of drug-likeness (QED) is 0.463. The number of nitrogens with one attached hydrogen (secondary N) is 1. The Bertz CT molecular complexity index is 869. The van der Waals surface area contributed by atoms with Gasteiger partial charge in [-0.15, -0.1) is 5.54 Å². The van der Waals surface area contributed by atoms with E-state index in [2.05, 4.69) is 63.3 Å². The number of hydrogen-bond donors (Lipinski definition) is 1. The summed E-state index contributed by atoms with van der Waals surface area (Å²) in [5, 5.41) is 3.97. The summed E-state index contributed by atoms with van der Waals surface area (Å²) in [4.78, 5) is 17.1. The molecule has 0 saturated heterocycles. The molecule has 2 aromatic rings. The van der Waals surface area contributed by atoms with Gasteiger partial charge in [-0.05, 0) is 28.8 Å². The van der Waals surface area contributed by atoms with E-state index >= 15 is 0 Å². The number of carbonyl (C=O) groups is 1. The Kier molecular flexibility index (Phi) is 8.01. The minimum Gasteiger partial charge on any atom is -0.368 e. The lowest BCUT2D eigenvalue weighted by atomic mass is 10.2. The van der Waals surface area contributed by atoms with Crippen molar-refractivity contribution in [2.24, 2.45) is 0 Å². The predicted octanol–water partition coefficient (Wildman–Crippen LogP) is 5.80. The maximum Gasteiger partial charge on any atom is 0.228 e. The lowest BCUT2D eigenvalue weighted by Gasteiger charge is -2.38. The smallest absolute Gasteiger partial charge is 0.228 e. The minimum atomic E-state index is -1.85. The predicted molar refractivity (Wildman–Crippen MR) is 125 cm³/mol. The van der Waals surface area contributed by atoms with Gasteiger partial charge in [0.2, 0.25) is 5.91 Å². The van der Waals surface area contributed by atoms with E-state index in [4.69, 9.17) is 4.74 Å². The molecule has 156 valence electrons. The van der Waals surface area contributed by atoms with Crippen LogP contribution in [0.4, 0.5) is 5.69 Å². The second-order valence-corrected chi connectivity index (χ2v) is 14.1. The topological polar surface area (TPSA) is 51.2 Å². The first-order valence-corrected chi connectivity index (χ1v) is 12.6. The molecule has 4 nitrogen and oxygen atoms in total. The van der Waals surface area contributed by atoms with Crippen molar-refractivity contribution < 1.29 is 9.53 Å². The van der Waals surface area contributed by atoms with Crippen molar-refractivity contribution in [3.63, 3.8) is 0 Å². The summed E-state index contributed by atoms with van der Waals surface area (Å²) in [6.45, 7) is 13.7. The zero-order chi connectivity index (χ0) is 21.6. The molecule has 0 radical (unpaired) electrons. The molecule has 0 aliphatic heterocycles. The molecule has 0 bridgehead atoms. The highest BCUT2D eigenvalue weighted by Gasteiger charge is 2.41. The van der Waals surface area contributed by atoms with Crippen LogP contribution in [0.15, 0.2) is 36.5 Å². The van der Waals surface area contributed by atoms with E-state index < -0.39 is 14.2 Å². The maximum atomic E-state index is 12.7. The molecule has 0 fully saturated rings. The third-order valence-corrected chi connectivity index (χ3v) is 12.2. The number of ether oxygens (including phenoxy) is 1. The second kappa shape index (κ2) is 10.0. The highest BCUT2D eigenvalue weighted by Crippen LogP contribution is 2.40. The van der Waals surface area contributed by atoms with Gasteiger partial charge in [0.1, 0.15) is 14.2 Å². The normalized spacial score (nSPS) is 12.9. The van der Waals surface area contributed by atoms with E-state index in [1.54, 1.807) is 13.3 Å². The number of nitrogens with zero attached hydrogens (tertiary/aromatic N) is 1. The lowest BCUT2D eigenvalue weighted by Crippen LogP contribution is -2.43. The molecule has 1 aromatic heterocycles. The molecule has 5 heteroatoms. The number of amides is 1. The average Bonchev–Trinajstić information content (AvgIpc) is 2.67. The fraction of sp³-hybridized carbons (Fsp3) is 0.500. The number of carbonyl (C=O) groups excluding carboxylic acids is 1. The maximum absolute atomic E-state index is 12.7. The number of para-hydroxylation sites is 1. The summed E-state index contributed by atoms with van der Waals surface area (Å²) in [7, 11) is -0.230. The Labute approximate surface area is 176 Å². The fourth-order valence-electron chi connectivity index (χ4n) is 4.41. The van der Waals surface area contributed by atoms with Crippen molar-refractivity contribution in [1.82, 2.24) is 4.98 Å². The van der Waals surface area contributed by atoms with Crippen molar-refractivity contribution in [1.29, 1.82) is 0 Å². The van der Waals surface area contributed by atoms with Crippen molar-refractivity contribution in [2.45, 2.75) is 70.7 Å². The molecule has 1 amide bonds. The number of benzene rings is 1. The van der Waals surface area contributed by atoms with Crippen LogP contribution in [0.2, 0.25) is 16.6 Å². The lowest BCUT2D eigenvalue weighted by molar-refractivity contribution is -0.117. The van der Waals surface area contributed by atoms with Gasteiger partial charge in [-0.2, -0.15) is 0 Å². The van der Waals surface area contributed by atoms with Crippen molar-refractivity contribution in [3.05, 3.63) is 36.5 Å². The van der Waals surface area contributed by atoms with Gasteiger partial charge in [-0.3, -0.25) is 9.78 Å². The van der Waals surface area contributed by atoms with E-state index in [9.17, 15) is 4.79 Å². The first-order chi connectivity index (χ1) is 13.7. The van der Waals surface area contributed by atoms with Gasteiger partial charge >= 0.3 is 0 Å². The zero-order valence-electron chi connectivity index (χ0n) is 18.7. The van der Waals surface area contributed by atoms with Crippen LogP contribution in [0.5, 0.6) is 0 Å². The Hall–Kier alpha value is -2.16. The Morgan fingerprint density at radius 1 is 1.07 bits per heavy atom. The molecule has 0 spiro atoms. The summed E-state index contributed by atoms with van der Waals surface area (Å²) >= 11 is 0. The first kappa shape index (κ1) is 23.1. The monoisotopic (exact) mass is 410 g/mol. The van der Waals surface area contributed by atoms with Gasteiger partial charge in [0.05, 0.1) is 17.6 Å². The Morgan fingerprint density at radius 3 is 2.28 bits per heavy atom.